The second kappa shape index (κ2) is 5.97. The Balaban J connectivity index is 2.12. The number of aryl methyl sites for hydroxylation is 1. The number of carbonyl (C=O) groups is 1. The third-order valence-electron chi connectivity index (χ3n) is 2.77. The average molecular weight is 271 g/mol. The lowest BCUT2D eigenvalue weighted by atomic mass is 10.1. The van der Waals surface area contributed by atoms with E-state index in [9.17, 15) is 14.9 Å². The largest absolute Gasteiger partial charge is 0.478 e. The van der Waals surface area contributed by atoms with Crippen LogP contribution in [0.4, 0.5) is 5.69 Å². The van der Waals surface area contributed by atoms with Gasteiger partial charge in [0.1, 0.15) is 0 Å². The van der Waals surface area contributed by atoms with E-state index in [1.54, 1.807) is 37.3 Å². The minimum absolute atomic E-state index is 0.102. The van der Waals surface area contributed by atoms with E-state index >= 15 is 0 Å². The van der Waals surface area contributed by atoms with E-state index < -0.39 is 4.92 Å². The van der Waals surface area contributed by atoms with E-state index in [-0.39, 0.29) is 23.8 Å². The maximum atomic E-state index is 11.9. The minimum Gasteiger partial charge on any atom is -0.478 e. The number of hydrogen-bond donors (Lipinski definition) is 0. The number of nitro groups is 1. The van der Waals surface area contributed by atoms with Crippen LogP contribution in [0.25, 0.3) is 0 Å². The summed E-state index contributed by atoms with van der Waals surface area (Å²) in [5.74, 6) is -0.120. The molecule has 0 atom stereocenters. The number of ketones is 1. The SMILES string of the molecule is Cc1ccc(OCC(=O)c2ccccc2)c([N+](=O)[O-])c1. The van der Waals surface area contributed by atoms with Gasteiger partial charge in [-0.25, -0.2) is 0 Å². The molecule has 20 heavy (non-hydrogen) atoms. The number of carbonyl (C=O) groups excluding carboxylic acids is 1. The first kappa shape index (κ1) is 13.7. The molecule has 2 aromatic rings. The Kier molecular flexibility index (Phi) is 4.10. The van der Waals surface area contributed by atoms with Gasteiger partial charge in [-0.15, -0.1) is 0 Å². The molecule has 0 spiro atoms. The highest BCUT2D eigenvalue weighted by molar-refractivity contribution is 5.97. The van der Waals surface area contributed by atoms with E-state index in [0.717, 1.165) is 5.56 Å². The number of rotatable bonds is 5. The quantitative estimate of drug-likeness (QED) is 0.476. The van der Waals surface area contributed by atoms with Crippen LogP contribution in [-0.2, 0) is 0 Å². The summed E-state index contributed by atoms with van der Waals surface area (Å²) in [6.45, 7) is 1.53. The zero-order chi connectivity index (χ0) is 14.5. The fraction of sp³-hybridized carbons (Fsp3) is 0.133. The van der Waals surface area contributed by atoms with Crippen LogP contribution in [-0.4, -0.2) is 17.3 Å². The normalized spacial score (nSPS) is 10.1. The van der Waals surface area contributed by atoms with Crippen LogP contribution in [0.3, 0.4) is 0 Å². The topological polar surface area (TPSA) is 69.4 Å². The molecule has 5 nitrogen and oxygen atoms in total. The van der Waals surface area contributed by atoms with Gasteiger partial charge in [0.15, 0.2) is 18.1 Å². The highest BCUT2D eigenvalue weighted by Gasteiger charge is 2.16. The van der Waals surface area contributed by atoms with Crippen LogP contribution >= 0.6 is 0 Å². The number of ether oxygens (including phenoxy) is 1. The highest BCUT2D eigenvalue weighted by atomic mass is 16.6. The van der Waals surface area contributed by atoms with E-state index in [1.807, 2.05) is 6.07 Å². The zero-order valence-electron chi connectivity index (χ0n) is 10.9. The zero-order valence-corrected chi connectivity index (χ0v) is 10.9. The van der Waals surface area contributed by atoms with Gasteiger partial charge in [-0.3, -0.25) is 14.9 Å². The second-order valence-electron chi connectivity index (χ2n) is 4.31. The molecule has 0 aliphatic heterocycles. The van der Waals surface area contributed by atoms with Crippen molar-refractivity contribution in [3.05, 3.63) is 69.8 Å². The Bertz CT molecular complexity index is 638. The van der Waals surface area contributed by atoms with E-state index in [1.165, 1.54) is 12.1 Å². The summed E-state index contributed by atoms with van der Waals surface area (Å²) in [6, 6.07) is 13.3. The summed E-state index contributed by atoms with van der Waals surface area (Å²) in [4.78, 5) is 22.3. The predicted molar refractivity (Wildman–Crippen MR) is 74.1 cm³/mol. The van der Waals surface area contributed by atoms with Crippen LogP contribution < -0.4 is 4.74 Å². The van der Waals surface area contributed by atoms with Crippen molar-refractivity contribution in [2.75, 3.05) is 6.61 Å². The molecule has 0 aliphatic carbocycles. The fourth-order valence-corrected chi connectivity index (χ4v) is 1.74. The summed E-state index contributed by atoms with van der Waals surface area (Å²) in [6.07, 6.45) is 0. The Hall–Kier alpha value is -2.69. The molecule has 0 saturated carbocycles. The highest BCUT2D eigenvalue weighted by Crippen LogP contribution is 2.27. The van der Waals surface area contributed by atoms with Crippen molar-refractivity contribution in [2.24, 2.45) is 0 Å². The molecule has 0 N–H and O–H groups in total. The molecule has 2 rings (SSSR count). The summed E-state index contributed by atoms with van der Waals surface area (Å²) in [7, 11) is 0. The van der Waals surface area contributed by atoms with Gasteiger partial charge in [0.05, 0.1) is 4.92 Å². The molecule has 0 unspecified atom stereocenters. The third-order valence-corrected chi connectivity index (χ3v) is 2.77. The van der Waals surface area contributed by atoms with Gasteiger partial charge in [0.2, 0.25) is 0 Å². The smallest absolute Gasteiger partial charge is 0.311 e. The maximum absolute atomic E-state index is 11.9. The van der Waals surface area contributed by atoms with Crippen molar-refractivity contribution >= 4 is 11.5 Å². The molecule has 0 aromatic heterocycles. The van der Waals surface area contributed by atoms with E-state index in [2.05, 4.69) is 0 Å². The Labute approximate surface area is 116 Å². The lowest BCUT2D eigenvalue weighted by molar-refractivity contribution is -0.385. The molecule has 0 aliphatic rings. The number of benzene rings is 2. The molecule has 102 valence electrons. The Morgan fingerprint density at radius 1 is 1.20 bits per heavy atom. The van der Waals surface area contributed by atoms with Gasteiger partial charge >= 0.3 is 5.69 Å². The number of nitrogens with zero attached hydrogens (tertiary/aromatic N) is 1. The van der Waals surface area contributed by atoms with Crippen LogP contribution in [0.2, 0.25) is 0 Å². The van der Waals surface area contributed by atoms with Crippen molar-refractivity contribution in [1.82, 2.24) is 0 Å². The maximum Gasteiger partial charge on any atom is 0.311 e. The molecule has 0 bridgehead atoms. The Morgan fingerprint density at radius 3 is 2.55 bits per heavy atom. The van der Waals surface area contributed by atoms with Crippen LogP contribution in [0, 0.1) is 17.0 Å². The summed E-state index contributed by atoms with van der Waals surface area (Å²) in [5, 5.41) is 10.9. The van der Waals surface area contributed by atoms with Crippen molar-refractivity contribution in [3.63, 3.8) is 0 Å². The summed E-state index contributed by atoms with van der Waals surface area (Å²) >= 11 is 0. The van der Waals surface area contributed by atoms with Gasteiger partial charge in [0.25, 0.3) is 0 Å². The molecule has 0 fully saturated rings. The van der Waals surface area contributed by atoms with Gasteiger partial charge in [-0.1, -0.05) is 36.4 Å². The lowest BCUT2D eigenvalue weighted by Crippen LogP contribution is -2.12. The molecule has 2 aromatic carbocycles. The second-order valence-corrected chi connectivity index (χ2v) is 4.31. The monoisotopic (exact) mass is 271 g/mol. The summed E-state index contributed by atoms with van der Waals surface area (Å²) < 4.78 is 5.28. The minimum atomic E-state index is -0.519. The lowest BCUT2D eigenvalue weighted by Gasteiger charge is -2.06. The van der Waals surface area contributed by atoms with Crippen molar-refractivity contribution < 1.29 is 14.5 Å². The van der Waals surface area contributed by atoms with E-state index in [4.69, 9.17) is 4.74 Å². The van der Waals surface area contributed by atoms with Gasteiger partial charge in [0, 0.05) is 11.6 Å². The third kappa shape index (κ3) is 3.20. The average Bonchev–Trinajstić information content (AvgIpc) is 2.46. The molecule has 0 saturated heterocycles. The molecule has 0 amide bonds. The molecule has 5 heteroatoms. The fourth-order valence-electron chi connectivity index (χ4n) is 1.74. The molecule has 0 radical (unpaired) electrons. The van der Waals surface area contributed by atoms with Gasteiger partial charge in [-0.05, 0) is 18.6 Å². The molecular formula is C15H13NO4. The van der Waals surface area contributed by atoms with Crippen LogP contribution in [0.15, 0.2) is 48.5 Å². The number of Topliss-reactive ketones (excluding diaryl/α,β-unsaturated/α-hetero) is 1. The number of hydrogen-bond acceptors (Lipinski definition) is 4. The molecule has 0 heterocycles. The standard InChI is InChI=1S/C15H13NO4/c1-11-7-8-15(13(9-11)16(18)19)20-10-14(17)12-5-3-2-4-6-12/h2-9H,10H2,1H3. The Morgan fingerprint density at radius 2 is 1.90 bits per heavy atom. The number of nitro benzene ring substituents is 1. The van der Waals surface area contributed by atoms with E-state index in [0.29, 0.717) is 5.56 Å². The molecular weight excluding hydrogens is 258 g/mol. The first-order valence-corrected chi connectivity index (χ1v) is 6.04. The first-order chi connectivity index (χ1) is 9.58. The summed E-state index contributed by atoms with van der Waals surface area (Å²) in [5.41, 5.74) is 1.14. The first-order valence-electron chi connectivity index (χ1n) is 6.04. The van der Waals surface area contributed by atoms with Crippen molar-refractivity contribution in [3.8, 4) is 5.75 Å². The van der Waals surface area contributed by atoms with Crippen LogP contribution in [0.1, 0.15) is 15.9 Å². The van der Waals surface area contributed by atoms with Crippen molar-refractivity contribution in [1.29, 1.82) is 0 Å². The van der Waals surface area contributed by atoms with Crippen molar-refractivity contribution in [2.45, 2.75) is 6.92 Å². The predicted octanol–water partition coefficient (Wildman–Crippen LogP) is 3.16. The van der Waals surface area contributed by atoms with Gasteiger partial charge < -0.3 is 4.74 Å². The van der Waals surface area contributed by atoms with Gasteiger partial charge in [-0.2, -0.15) is 0 Å². The van der Waals surface area contributed by atoms with Crippen LogP contribution in [0.5, 0.6) is 5.75 Å².